The van der Waals surface area contributed by atoms with Crippen LogP contribution in [0.2, 0.25) is 0 Å². The Morgan fingerprint density at radius 1 is 1.54 bits per heavy atom. The summed E-state index contributed by atoms with van der Waals surface area (Å²) < 4.78 is 36.8. The van der Waals surface area contributed by atoms with Crippen LogP contribution in [0.3, 0.4) is 0 Å². The van der Waals surface area contributed by atoms with Crippen LogP contribution in [0.15, 0.2) is 10.9 Å². The van der Waals surface area contributed by atoms with E-state index in [0.717, 1.165) is 0 Å². The smallest absolute Gasteiger partial charge is 0.281 e. The van der Waals surface area contributed by atoms with Crippen molar-refractivity contribution >= 4 is 11.6 Å². The molecule has 13 heavy (non-hydrogen) atoms. The summed E-state index contributed by atoms with van der Waals surface area (Å²) in [6.45, 7) is 0. The number of halogens is 4. The minimum atomic E-state index is -3.03. The highest BCUT2D eigenvalue weighted by Crippen LogP contribution is 2.18. The first kappa shape index (κ1) is 10.1. The molecule has 1 aromatic heterocycles. The number of rotatable bonds is 2. The maximum atomic E-state index is 12.8. The molecule has 6 heteroatoms. The molecule has 0 fully saturated rings. The Kier molecular flexibility index (Phi) is 2.98. The Labute approximate surface area is 76.3 Å². The van der Waals surface area contributed by atoms with Crippen LogP contribution in [0, 0.1) is 5.82 Å². The molecular weight excluding hydrogens is 207 g/mol. The van der Waals surface area contributed by atoms with Crippen LogP contribution in [0.25, 0.3) is 0 Å². The van der Waals surface area contributed by atoms with Crippen LogP contribution < -0.4 is 5.56 Å². The lowest BCUT2D eigenvalue weighted by Gasteiger charge is -2.02. The number of pyridine rings is 1. The Morgan fingerprint density at radius 3 is 2.62 bits per heavy atom. The second-order valence-electron chi connectivity index (χ2n) is 2.32. The molecule has 0 aliphatic heterocycles. The number of aromatic nitrogens is 1. The second kappa shape index (κ2) is 3.83. The minimum absolute atomic E-state index is 0.0661. The van der Waals surface area contributed by atoms with Crippen LogP contribution in [-0.4, -0.2) is 4.98 Å². The summed E-state index contributed by atoms with van der Waals surface area (Å²) in [5, 5.41) is 0. The fraction of sp³-hybridized carbons (Fsp3) is 0.286. The van der Waals surface area contributed by atoms with Crippen LogP contribution in [-0.2, 0) is 5.88 Å². The van der Waals surface area contributed by atoms with Gasteiger partial charge >= 0.3 is 0 Å². The Bertz CT molecular complexity index is 363. The maximum Gasteiger partial charge on any atom is 0.281 e. The van der Waals surface area contributed by atoms with Crippen LogP contribution in [0.4, 0.5) is 13.2 Å². The Balaban J connectivity index is 3.29. The molecule has 0 unspecified atom stereocenters. The van der Waals surface area contributed by atoms with Gasteiger partial charge in [-0.2, -0.15) is 0 Å². The normalized spacial score (nSPS) is 10.8. The van der Waals surface area contributed by atoms with Gasteiger partial charge < -0.3 is 4.98 Å². The number of nitrogens with one attached hydrogen (secondary N) is 1. The SMILES string of the molecule is O=c1[nH]c(C(F)F)c(F)cc1CCl. The molecule has 0 bridgehead atoms. The third-order valence-corrected chi connectivity index (χ3v) is 1.75. The van der Waals surface area contributed by atoms with E-state index in [1.165, 1.54) is 0 Å². The molecule has 72 valence electrons. The fourth-order valence-electron chi connectivity index (χ4n) is 0.817. The number of hydrogen-bond acceptors (Lipinski definition) is 1. The van der Waals surface area contributed by atoms with Gasteiger partial charge in [0.2, 0.25) is 0 Å². The zero-order chi connectivity index (χ0) is 10.0. The molecular formula is C7H5ClF3NO. The number of H-pyrrole nitrogens is 1. The summed E-state index contributed by atoms with van der Waals surface area (Å²) in [5.41, 5.74) is -1.85. The first-order chi connectivity index (χ1) is 6.06. The first-order valence-corrected chi connectivity index (χ1v) is 3.85. The van der Waals surface area contributed by atoms with E-state index in [2.05, 4.69) is 0 Å². The largest absolute Gasteiger partial charge is 0.318 e. The molecule has 1 heterocycles. The Hall–Kier alpha value is -0.970. The molecule has 0 atom stereocenters. The van der Waals surface area contributed by atoms with Gasteiger partial charge in [-0.1, -0.05) is 0 Å². The molecule has 0 amide bonds. The third-order valence-electron chi connectivity index (χ3n) is 1.46. The quantitative estimate of drug-likeness (QED) is 0.748. The van der Waals surface area contributed by atoms with Gasteiger partial charge in [-0.3, -0.25) is 4.79 Å². The summed E-state index contributed by atoms with van der Waals surface area (Å²) in [5.74, 6) is -1.36. The monoisotopic (exact) mass is 211 g/mol. The van der Waals surface area contributed by atoms with Gasteiger partial charge in [0.1, 0.15) is 11.5 Å². The maximum absolute atomic E-state index is 12.8. The molecule has 1 N–H and O–H groups in total. The molecule has 1 rings (SSSR count). The second-order valence-corrected chi connectivity index (χ2v) is 2.59. The summed E-state index contributed by atoms with van der Waals surface area (Å²) >= 11 is 5.26. The average Bonchev–Trinajstić information content (AvgIpc) is 2.07. The molecule has 0 aliphatic rings. The van der Waals surface area contributed by atoms with E-state index in [1.54, 1.807) is 4.98 Å². The van der Waals surface area contributed by atoms with E-state index in [9.17, 15) is 18.0 Å². The van der Waals surface area contributed by atoms with E-state index in [-0.39, 0.29) is 11.4 Å². The first-order valence-electron chi connectivity index (χ1n) is 3.32. The summed E-state index contributed by atoms with van der Waals surface area (Å²) in [6.07, 6.45) is -3.03. The van der Waals surface area contributed by atoms with Crippen LogP contribution in [0.1, 0.15) is 17.7 Å². The van der Waals surface area contributed by atoms with E-state index in [4.69, 9.17) is 11.6 Å². The zero-order valence-electron chi connectivity index (χ0n) is 6.28. The molecule has 1 aromatic rings. The number of hydrogen-bond donors (Lipinski definition) is 1. The predicted octanol–water partition coefficient (Wildman–Crippen LogP) is 2.19. The number of aromatic amines is 1. The van der Waals surface area contributed by atoms with E-state index < -0.39 is 23.5 Å². The van der Waals surface area contributed by atoms with Gasteiger partial charge in [-0.15, -0.1) is 11.6 Å². The lowest BCUT2D eigenvalue weighted by atomic mass is 10.2. The highest BCUT2D eigenvalue weighted by atomic mass is 35.5. The van der Waals surface area contributed by atoms with Gasteiger partial charge in [0.15, 0.2) is 0 Å². The lowest BCUT2D eigenvalue weighted by Crippen LogP contribution is -2.15. The van der Waals surface area contributed by atoms with Crippen molar-refractivity contribution in [2.45, 2.75) is 12.3 Å². The highest BCUT2D eigenvalue weighted by Gasteiger charge is 2.15. The standard InChI is InChI=1S/C7H5ClF3NO/c8-2-3-1-4(9)5(6(10)11)12-7(3)13/h1,6H,2H2,(H,12,13). The topological polar surface area (TPSA) is 32.9 Å². The molecule has 0 saturated heterocycles. The van der Waals surface area contributed by atoms with Crippen molar-refractivity contribution in [2.75, 3.05) is 0 Å². The molecule has 0 aliphatic carbocycles. The highest BCUT2D eigenvalue weighted by molar-refractivity contribution is 6.17. The van der Waals surface area contributed by atoms with Crippen LogP contribution in [0.5, 0.6) is 0 Å². The van der Waals surface area contributed by atoms with E-state index in [1.807, 2.05) is 0 Å². The summed E-state index contributed by atoms with van der Waals surface area (Å²) in [4.78, 5) is 12.6. The van der Waals surface area contributed by atoms with Gasteiger partial charge in [0, 0.05) is 5.56 Å². The zero-order valence-corrected chi connectivity index (χ0v) is 7.04. The summed E-state index contributed by atoms with van der Waals surface area (Å²) in [7, 11) is 0. The average molecular weight is 212 g/mol. The van der Waals surface area contributed by atoms with Gasteiger partial charge in [-0.25, -0.2) is 13.2 Å². The van der Waals surface area contributed by atoms with Gasteiger partial charge in [0.25, 0.3) is 12.0 Å². The lowest BCUT2D eigenvalue weighted by molar-refractivity contribution is 0.140. The third kappa shape index (κ3) is 2.03. The van der Waals surface area contributed by atoms with Crippen molar-refractivity contribution < 1.29 is 13.2 Å². The van der Waals surface area contributed by atoms with Crippen molar-refractivity contribution in [1.29, 1.82) is 0 Å². The fourth-order valence-corrected chi connectivity index (χ4v) is 1.02. The van der Waals surface area contributed by atoms with Crippen molar-refractivity contribution in [2.24, 2.45) is 0 Å². The number of alkyl halides is 3. The van der Waals surface area contributed by atoms with Crippen molar-refractivity contribution in [3.63, 3.8) is 0 Å². The van der Waals surface area contributed by atoms with Gasteiger partial charge in [-0.05, 0) is 6.07 Å². The molecule has 2 nitrogen and oxygen atoms in total. The van der Waals surface area contributed by atoms with Gasteiger partial charge in [0.05, 0.1) is 5.88 Å². The van der Waals surface area contributed by atoms with E-state index >= 15 is 0 Å². The molecule has 0 radical (unpaired) electrons. The van der Waals surface area contributed by atoms with Crippen molar-refractivity contribution in [3.05, 3.63) is 33.5 Å². The predicted molar refractivity (Wildman–Crippen MR) is 41.5 cm³/mol. The Morgan fingerprint density at radius 2 is 2.15 bits per heavy atom. The molecule has 0 saturated carbocycles. The molecule has 0 aromatic carbocycles. The minimum Gasteiger partial charge on any atom is -0.318 e. The molecule has 0 spiro atoms. The van der Waals surface area contributed by atoms with Crippen molar-refractivity contribution in [1.82, 2.24) is 4.98 Å². The summed E-state index contributed by atoms with van der Waals surface area (Å²) in [6, 6.07) is 0.716. The van der Waals surface area contributed by atoms with E-state index in [0.29, 0.717) is 6.07 Å². The van der Waals surface area contributed by atoms with Crippen LogP contribution >= 0.6 is 11.6 Å². The van der Waals surface area contributed by atoms with Crippen molar-refractivity contribution in [3.8, 4) is 0 Å².